The number of rotatable bonds is 6. The van der Waals surface area contributed by atoms with Gasteiger partial charge in [-0.2, -0.15) is 0 Å². The number of carbonyl (C=O) groups is 2. The smallest absolute Gasteiger partial charge is 0.325 e. The monoisotopic (exact) mass is 390 g/mol. The second-order valence-electron chi connectivity index (χ2n) is 6.04. The molecule has 1 atom stereocenters. The van der Waals surface area contributed by atoms with Gasteiger partial charge in [0.05, 0.1) is 7.11 Å². The largest absolute Gasteiger partial charge is 0.497 e. The molecule has 1 fully saturated rings. The molecule has 26 heavy (non-hydrogen) atoms. The van der Waals surface area contributed by atoms with Gasteiger partial charge in [-0.25, -0.2) is 4.79 Å². The van der Waals surface area contributed by atoms with Crippen molar-refractivity contribution in [2.24, 2.45) is 0 Å². The van der Waals surface area contributed by atoms with Crippen molar-refractivity contribution in [3.8, 4) is 5.75 Å². The fraction of sp³-hybridized carbons (Fsp3) is 0.263. The molecule has 0 aliphatic carbocycles. The Balaban J connectivity index is 1.66. The average molecular weight is 391 g/mol. The Bertz CT molecular complexity index is 811. The van der Waals surface area contributed by atoms with E-state index in [-0.39, 0.29) is 11.9 Å². The lowest BCUT2D eigenvalue weighted by Crippen LogP contribution is -2.41. The van der Waals surface area contributed by atoms with Crippen LogP contribution in [-0.2, 0) is 10.3 Å². The molecule has 0 unspecified atom stereocenters. The van der Waals surface area contributed by atoms with Crippen LogP contribution in [0.5, 0.6) is 5.75 Å². The number of nitrogens with zero attached hydrogens (tertiary/aromatic N) is 1. The van der Waals surface area contributed by atoms with Crippen LogP contribution in [0.15, 0.2) is 53.4 Å². The van der Waals surface area contributed by atoms with E-state index in [0.29, 0.717) is 23.1 Å². The zero-order chi connectivity index (χ0) is 18.7. The molecule has 0 saturated carbocycles. The molecule has 1 heterocycles. The molecule has 1 aliphatic heterocycles. The van der Waals surface area contributed by atoms with Gasteiger partial charge < -0.3 is 10.1 Å². The Labute approximate surface area is 161 Å². The number of hydrogen-bond acceptors (Lipinski definition) is 4. The number of benzene rings is 2. The van der Waals surface area contributed by atoms with Crippen LogP contribution in [0.25, 0.3) is 0 Å². The summed E-state index contributed by atoms with van der Waals surface area (Å²) in [7, 11) is 1.58. The zero-order valence-electron chi connectivity index (χ0n) is 14.5. The Morgan fingerprint density at radius 3 is 2.38 bits per heavy atom. The van der Waals surface area contributed by atoms with Crippen molar-refractivity contribution in [3.05, 3.63) is 59.1 Å². The lowest BCUT2D eigenvalue weighted by Gasteiger charge is -2.22. The fourth-order valence-corrected chi connectivity index (χ4v) is 3.77. The third-order valence-corrected chi connectivity index (χ3v) is 5.58. The maximum Gasteiger partial charge on any atom is 0.325 e. The summed E-state index contributed by atoms with van der Waals surface area (Å²) in [5, 5.41) is 3.49. The first-order valence-corrected chi connectivity index (χ1v) is 9.47. The molecule has 0 aromatic heterocycles. The van der Waals surface area contributed by atoms with Crippen LogP contribution in [0.4, 0.5) is 4.79 Å². The number of carbonyl (C=O) groups excluding carboxylic acids is 2. The number of hydrogen-bond donors (Lipinski definition) is 1. The van der Waals surface area contributed by atoms with Gasteiger partial charge in [0.25, 0.3) is 5.91 Å². The van der Waals surface area contributed by atoms with Crippen molar-refractivity contribution in [1.29, 1.82) is 0 Å². The van der Waals surface area contributed by atoms with Crippen LogP contribution in [0.1, 0.15) is 12.5 Å². The second-order valence-corrected chi connectivity index (χ2v) is 7.65. The van der Waals surface area contributed by atoms with Crippen LogP contribution in [0.3, 0.4) is 0 Å². The normalized spacial score (nSPS) is 19.6. The molecule has 5 nitrogen and oxygen atoms in total. The molecule has 1 N–H and O–H groups in total. The second kappa shape index (κ2) is 7.60. The average Bonchev–Trinajstić information content (AvgIpc) is 2.87. The zero-order valence-corrected chi connectivity index (χ0v) is 16.1. The Morgan fingerprint density at radius 2 is 1.77 bits per heavy atom. The molecule has 1 saturated heterocycles. The molecule has 0 bridgehead atoms. The predicted octanol–water partition coefficient (Wildman–Crippen LogP) is 3.91. The van der Waals surface area contributed by atoms with Gasteiger partial charge in [-0.3, -0.25) is 9.69 Å². The van der Waals surface area contributed by atoms with Crippen molar-refractivity contribution in [1.82, 2.24) is 10.2 Å². The number of methoxy groups -OCH3 is 1. The van der Waals surface area contributed by atoms with E-state index in [0.717, 1.165) is 10.5 Å². The number of halogens is 1. The lowest BCUT2D eigenvalue weighted by molar-refractivity contribution is -0.130. The van der Waals surface area contributed by atoms with Gasteiger partial charge in [-0.05, 0) is 48.9 Å². The summed E-state index contributed by atoms with van der Waals surface area (Å²) >= 11 is 7.45. The molecule has 2 aromatic carbocycles. The van der Waals surface area contributed by atoms with E-state index in [4.69, 9.17) is 16.3 Å². The van der Waals surface area contributed by atoms with Gasteiger partial charge in [-0.15, -0.1) is 11.8 Å². The first-order chi connectivity index (χ1) is 12.4. The molecular formula is C19H19ClN2O3S. The molecule has 3 amide bonds. The summed E-state index contributed by atoms with van der Waals surface area (Å²) in [6.45, 7) is 2.06. The predicted molar refractivity (Wildman–Crippen MR) is 103 cm³/mol. The molecule has 1 aliphatic rings. The highest BCUT2D eigenvalue weighted by atomic mass is 35.5. The molecule has 136 valence electrons. The molecule has 2 aromatic rings. The molecule has 0 spiro atoms. The van der Waals surface area contributed by atoms with Crippen molar-refractivity contribution in [2.75, 3.05) is 19.4 Å². The number of thioether (sulfide) groups is 1. The molecule has 7 heteroatoms. The SMILES string of the molecule is COc1ccc([C@@]2(C)NC(=O)N(CCSc3ccc(Cl)cc3)C2=O)cc1. The highest BCUT2D eigenvalue weighted by Crippen LogP contribution is 2.30. The van der Waals surface area contributed by atoms with Crippen LogP contribution >= 0.6 is 23.4 Å². The first kappa shape index (κ1) is 18.6. The third-order valence-electron chi connectivity index (χ3n) is 4.34. The van der Waals surface area contributed by atoms with Gasteiger partial charge in [0.2, 0.25) is 0 Å². The topological polar surface area (TPSA) is 58.6 Å². The van der Waals surface area contributed by atoms with E-state index in [1.54, 1.807) is 50.1 Å². The lowest BCUT2D eigenvalue weighted by atomic mass is 9.92. The van der Waals surface area contributed by atoms with Crippen LogP contribution in [0.2, 0.25) is 5.02 Å². The number of nitrogens with one attached hydrogen (secondary N) is 1. The number of amides is 3. The summed E-state index contributed by atoms with van der Waals surface area (Å²) in [5.74, 6) is 1.06. The van der Waals surface area contributed by atoms with E-state index in [1.807, 2.05) is 24.3 Å². The van der Waals surface area contributed by atoms with Gasteiger partial charge in [0.1, 0.15) is 11.3 Å². The summed E-state index contributed by atoms with van der Waals surface area (Å²) in [5.41, 5.74) is -0.335. The van der Waals surface area contributed by atoms with Crippen molar-refractivity contribution < 1.29 is 14.3 Å². The van der Waals surface area contributed by atoms with E-state index >= 15 is 0 Å². The summed E-state index contributed by atoms with van der Waals surface area (Å²) < 4.78 is 5.14. The summed E-state index contributed by atoms with van der Waals surface area (Å²) in [4.78, 5) is 27.5. The number of ether oxygens (including phenoxy) is 1. The van der Waals surface area contributed by atoms with E-state index in [1.165, 1.54) is 4.90 Å². The van der Waals surface area contributed by atoms with Crippen LogP contribution in [0, 0.1) is 0 Å². The minimum Gasteiger partial charge on any atom is -0.497 e. The van der Waals surface area contributed by atoms with Gasteiger partial charge in [0, 0.05) is 22.2 Å². The Kier molecular flexibility index (Phi) is 5.44. The maximum atomic E-state index is 12.9. The minimum absolute atomic E-state index is 0.246. The minimum atomic E-state index is -1.06. The molecular weight excluding hydrogens is 372 g/mol. The summed E-state index contributed by atoms with van der Waals surface area (Å²) in [6.07, 6.45) is 0. The quantitative estimate of drug-likeness (QED) is 0.600. The first-order valence-electron chi connectivity index (χ1n) is 8.11. The van der Waals surface area contributed by atoms with E-state index in [2.05, 4.69) is 5.32 Å². The maximum absolute atomic E-state index is 12.9. The Morgan fingerprint density at radius 1 is 1.12 bits per heavy atom. The number of imide groups is 1. The van der Waals surface area contributed by atoms with Crippen LogP contribution in [-0.4, -0.2) is 36.2 Å². The highest BCUT2D eigenvalue weighted by Gasteiger charge is 2.48. The standard InChI is InChI=1S/C19H19ClN2O3S/c1-19(13-3-7-15(25-2)8-4-13)17(23)22(18(24)21-19)11-12-26-16-9-5-14(20)6-10-16/h3-10H,11-12H2,1-2H3,(H,21,24)/t19-/m1/s1. The highest BCUT2D eigenvalue weighted by molar-refractivity contribution is 7.99. The fourth-order valence-electron chi connectivity index (χ4n) is 2.81. The summed E-state index contributed by atoms with van der Waals surface area (Å²) in [6, 6.07) is 14.2. The molecule has 0 radical (unpaired) electrons. The van der Waals surface area contributed by atoms with Crippen molar-refractivity contribution in [3.63, 3.8) is 0 Å². The van der Waals surface area contributed by atoms with Gasteiger partial charge in [-0.1, -0.05) is 23.7 Å². The van der Waals surface area contributed by atoms with Crippen LogP contribution < -0.4 is 10.1 Å². The van der Waals surface area contributed by atoms with Crippen molar-refractivity contribution >= 4 is 35.3 Å². The van der Waals surface area contributed by atoms with Gasteiger partial charge >= 0.3 is 6.03 Å². The van der Waals surface area contributed by atoms with E-state index in [9.17, 15) is 9.59 Å². The van der Waals surface area contributed by atoms with Gasteiger partial charge in [0.15, 0.2) is 0 Å². The third kappa shape index (κ3) is 3.66. The van der Waals surface area contributed by atoms with Crippen molar-refractivity contribution in [2.45, 2.75) is 17.4 Å². The molecule has 3 rings (SSSR count). The van der Waals surface area contributed by atoms with E-state index < -0.39 is 5.54 Å². The number of urea groups is 1. The Hall–Kier alpha value is -2.18.